The van der Waals surface area contributed by atoms with Crippen molar-refractivity contribution in [2.45, 2.75) is 20.8 Å². The van der Waals surface area contributed by atoms with Gasteiger partial charge < -0.3 is 20.0 Å². The van der Waals surface area contributed by atoms with Gasteiger partial charge in [0.25, 0.3) is 5.91 Å². The Morgan fingerprint density at radius 1 is 1.17 bits per heavy atom. The van der Waals surface area contributed by atoms with Crippen molar-refractivity contribution in [2.24, 2.45) is 0 Å². The SMILES string of the molecule is Cc1cc(N(C)C)nc(NCCNC(=O)c2cc(C)oc2C)n1. The molecule has 7 heteroatoms. The number of nitrogens with one attached hydrogen (secondary N) is 2. The van der Waals surface area contributed by atoms with E-state index < -0.39 is 0 Å². The Bertz CT molecular complexity index is 694. The van der Waals surface area contributed by atoms with Crippen molar-refractivity contribution in [1.82, 2.24) is 15.3 Å². The maximum atomic E-state index is 12.1. The average Bonchev–Trinajstić information content (AvgIpc) is 2.81. The number of hydrogen-bond acceptors (Lipinski definition) is 6. The summed E-state index contributed by atoms with van der Waals surface area (Å²) in [6, 6.07) is 3.65. The summed E-state index contributed by atoms with van der Waals surface area (Å²) in [7, 11) is 3.86. The monoisotopic (exact) mass is 317 g/mol. The van der Waals surface area contributed by atoms with Gasteiger partial charge in [-0.25, -0.2) is 4.98 Å². The van der Waals surface area contributed by atoms with E-state index in [0.717, 1.165) is 17.3 Å². The highest BCUT2D eigenvalue weighted by Gasteiger charge is 2.12. The van der Waals surface area contributed by atoms with Gasteiger partial charge in [0.15, 0.2) is 0 Å². The van der Waals surface area contributed by atoms with Gasteiger partial charge in [0.1, 0.15) is 17.3 Å². The van der Waals surface area contributed by atoms with Crippen molar-refractivity contribution in [3.63, 3.8) is 0 Å². The zero-order chi connectivity index (χ0) is 17.0. The first kappa shape index (κ1) is 16.8. The van der Waals surface area contributed by atoms with Crippen LogP contribution in [-0.4, -0.2) is 43.1 Å². The Kier molecular flexibility index (Phi) is 5.20. The van der Waals surface area contributed by atoms with Gasteiger partial charge in [-0.05, 0) is 26.8 Å². The van der Waals surface area contributed by atoms with Crippen LogP contribution in [0, 0.1) is 20.8 Å². The number of furan rings is 1. The number of hydrogen-bond donors (Lipinski definition) is 2. The van der Waals surface area contributed by atoms with Gasteiger partial charge in [-0.3, -0.25) is 4.79 Å². The number of anilines is 2. The fourth-order valence-corrected chi connectivity index (χ4v) is 2.16. The van der Waals surface area contributed by atoms with Crippen LogP contribution in [0.15, 0.2) is 16.5 Å². The van der Waals surface area contributed by atoms with Crippen molar-refractivity contribution < 1.29 is 9.21 Å². The van der Waals surface area contributed by atoms with Crippen molar-refractivity contribution in [3.8, 4) is 0 Å². The molecule has 0 radical (unpaired) electrons. The van der Waals surface area contributed by atoms with Crippen LogP contribution in [-0.2, 0) is 0 Å². The summed E-state index contributed by atoms with van der Waals surface area (Å²) in [6.45, 7) is 6.53. The molecule has 2 rings (SSSR count). The number of aromatic nitrogens is 2. The maximum absolute atomic E-state index is 12.1. The molecule has 2 N–H and O–H groups in total. The number of nitrogens with zero attached hydrogens (tertiary/aromatic N) is 3. The lowest BCUT2D eigenvalue weighted by Crippen LogP contribution is -2.29. The molecule has 0 aliphatic heterocycles. The molecule has 7 nitrogen and oxygen atoms in total. The summed E-state index contributed by atoms with van der Waals surface area (Å²) in [5.74, 6) is 2.62. The van der Waals surface area contributed by atoms with Crippen LogP contribution < -0.4 is 15.5 Å². The van der Waals surface area contributed by atoms with E-state index in [4.69, 9.17) is 4.42 Å². The lowest BCUT2D eigenvalue weighted by Gasteiger charge is -2.13. The third-order valence-corrected chi connectivity index (χ3v) is 3.28. The topological polar surface area (TPSA) is 83.3 Å². The first-order valence-electron chi connectivity index (χ1n) is 7.49. The van der Waals surface area contributed by atoms with E-state index >= 15 is 0 Å². The number of carbonyl (C=O) groups is 1. The molecule has 0 fully saturated rings. The Balaban J connectivity index is 1.86. The standard InChI is InChI=1S/C16H23N5O2/c1-10-8-14(21(4)5)20-16(19-10)18-7-6-17-15(22)13-9-11(2)23-12(13)3/h8-9H,6-7H2,1-5H3,(H,17,22)(H,18,19,20). The molecule has 0 spiro atoms. The summed E-state index contributed by atoms with van der Waals surface area (Å²) in [4.78, 5) is 22.7. The molecular weight excluding hydrogens is 294 g/mol. The molecule has 1 amide bonds. The van der Waals surface area contributed by atoms with E-state index in [9.17, 15) is 4.79 Å². The normalized spacial score (nSPS) is 10.5. The molecule has 0 unspecified atom stereocenters. The predicted octanol–water partition coefficient (Wildman–Crippen LogP) is 1.90. The second-order valence-electron chi connectivity index (χ2n) is 5.60. The Labute approximate surface area is 136 Å². The molecule has 2 aromatic rings. The molecule has 0 saturated carbocycles. The Hall–Kier alpha value is -2.57. The van der Waals surface area contributed by atoms with Gasteiger partial charge in [0, 0.05) is 38.9 Å². The lowest BCUT2D eigenvalue weighted by atomic mass is 10.2. The van der Waals surface area contributed by atoms with Crippen LogP contribution in [0.1, 0.15) is 27.6 Å². The second-order valence-corrected chi connectivity index (χ2v) is 5.60. The van der Waals surface area contributed by atoms with Gasteiger partial charge in [-0.15, -0.1) is 0 Å². The minimum atomic E-state index is -0.139. The summed E-state index contributed by atoms with van der Waals surface area (Å²) in [5, 5.41) is 5.97. The van der Waals surface area contributed by atoms with E-state index in [1.807, 2.05) is 38.9 Å². The van der Waals surface area contributed by atoms with Gasteiger partial charge in [0.05, 0.1) is 5.56 Å². The zero-order valence-corrected chi connectivity index (χ0v) is 14.2. The van der Waals surface area contributed by atoms with Crippen LogP contribution in [0.2, 0.25) is 0 Å². The largest absolute Gasteiger partial charge is 0.466 e. The van der Waals surface area contributed by atoms with Crippen molar-refractivity contribution >= 4 is 17.7 Å². The number of carbonyl (C=O) groups excluding carboxylic acids is 1. The fraction of sp³-hybridized carbons (Fsp3) is 0.438. The quantitative estimate of drug-likeness (QED) is 0.792. The van der Waals surface area contributed by atoms with Crippen molar-refractivity contribution in [1.29, 1.82) is 0 Å². The van der Waals surface area contributed by atoms with Crippen LogP contribution in [0.5, 0.6) is 0 Å². The summed E-state index contributed by atoms with van der Waals surface area (Å²) >= 11 is 0. The summed E-state index contributed by atoms with van der Waals surface area (Å²) < 4.78 is 5.36. The molecule has 0 aromatic carbocycles. The Morgan fingerprint density at radius 3 is 2.52 bits per heavy atom. The van der Waals surface area contributed by atoms with Gasteiger partial charge in [-0.2, -0.15) is 4.98 Å². The third-order valence-electron chi connectivity index (χ3n) is 3.28. The molecule has 0 atom stereocenters. The molecule has 0 saturated heterocycles. The van der Waals surface area contributed by atoms with E-state index in [-0.39, 0.29) is 5.91 Å². The van der Waals surface area contributed by atoms with Crippen LogP contribution in [0.4, 0.5) is 11.8 Å². The smallest absolute Gasteiger partial charge is 0.254 e. The Morgan fingerprint density at radius 2 is 1.91 bits per heavy atom. The van der Waals surface area contributed by atoms with E-state index in [1.165, 1.54) is 0 Å². The van der Waals surface area contributed by atoms with Gasteiger partial charge >= 0.3 is 0 Å². The van der Waals surface area contributed by atoms with Crippen LogP contribution in [0.3, 0.4) is 0 Å². The molecule has 124 valence electrons. The minimum absolute atomic E-state index is 0.139. The van der Waals surface area contributed by atoms with Crippen LogP contribution in [0.25, 0.3) is 0 Å². The predicted molar refractivity (Wildman–Crippen MR) is 90.1 cm³/mol. The first-order valence-corrected chi connectivity index (χ1v) is 7.49. The molecule has 0 aliphatic rings. The summed E-state index contributed by atoms with van der Waals surface area (Å²) in [5.41, 5.74) is 1.46. The molecule has 0 aliphatic carbocycles. The van der Waals surface area contributed by atoms with Gasteiger partial charge in [0.2, 0.25) is 5.95 Å². The maximum Gasteiger partial charge on any atom is 0.254 e. The first-order chi connectivity index (χ1) is 10.9. The molecular formula is C16H23N5O2. The second kappa shape index (κ2) is 7.13. The van der Waals surface area contributed by atoms with Gasteiger partial charge in [-0.1, -0.05) is 0 Å². The minimum Gasteiger partial charge on any atom is -0.466 e. The number of rotatable bonds is 6. The molecule has 2 aromatic heterocycles. The average molecular weight is 317 g/mol. The highest BCUT2D eigenvalue weighted by Crippen LogP contribution is 2.13. The molecule has 2 heterocycles. The van der Waals surface area contributed by atoms with E-state index in [0.29, 0.717) is 30.4 Å². The highest BCUT2D eigenvalue weighted by atomic mass is 16.3. The van der Waals surface area contributed by atoms with Crippen molar-refractivity contribution in [2.75, 3.05) is 37.4 Å². The van der Waals surface area contributed by atoms with Crippen LogP contribution >= 0.6 is 0 Å². The van der Waals surface area contributed by atoms with E-state index in [1.54, 1.807) is 13.0 Å². The third kappa shape index (κ3) is 4.45. The summed E-state index contributed by atoms with van der Waals surface area (Å²) in [6.07, 6.45) is 0. The zero-order valence-electron chi connectivity index (χ0n) is 14.2. The molecule has 0 bridgehead atoms. The lowest BCUT2D eigenvalue weighted by molar-refractivity contribution is 0.0953. The number of aryl methyl sites for hydroxylation is 3. The van der Waals surface area contributed by atoms with E-state index in [2.05, 4.69) is 20.6 Å². The highest BCUT2D eigenvalue weighted by molar-refractivity contribution is 5.95. The molecule has 23 heavy (non-hydrogen) atoms. The van der Waals surface area contributed by atoms with Crippen molar-refractivity contribution in [3.05, 3.63) is 34.9 Å². The number of amides is 1. The fourth-order valence-electron chi connectivity index (χ4n) is 2.16.